The number of hydrogen-bond acceptors (Lipinski definition) is 2. The summed E-state index contributed by atoms with van der Waals surface area (Å²) in [7, 11) is 1.35. The highest BCUT2D eigenvalue weighted by atomic mass is 19.4. The van der Waals surface area contributed by atoms with Crippen LogP contribution in [0.15, 0.2) is 30.3 Å². The molecule has 0 aliphatic carbocycles. The van der Waals surface area contributed by atoms with Crippen molar-refractivity contribution < 1.29 is 17.9 Å². The van der Waals surface area contributed by atoms with Gasteiger partial charge in [0.15, 0.2) is 0 Å². The number of nitrogens with zero attached hydrogens (tertiary/aromatic N) is 1. The lowest BCUT2D eigenvalue weighted by Crippen LogP contribution is -2.04. The maximum atomic E-state index is 12.3. The fraction of sp³-hybridized carbons (Fsp3) is 0.182. The van der Waals surface area contributed by atoms with E-state index in [9.17, 15) is 13.2 Å². The van der Waals surface area contributed by atoms with Crippen molar-refractivity contribution in [3.8, 4) is 6.07 Å². The van der Waals surface area contributed by atoms with Crippen molar-refractivity contribution in [3.63, 3.8) is 0 Å². The number of halogens is 3. The van der Waals surface area contributed by atoms with Crippen molar-refractivity contribution >= 4 is 5.76 Å². The van der Waals surface area contributed by atoms with E-state index in [-0.39, 0.29) is 5.76 Å². The molecule has 0 spiro atoms. The van der Waals surface area contributed by atoms with Crippen LogP contribution in [0.4, 0.5) is 13.2 Å². The summed E-state index contributed by atoms with van der Waals surface area (Å²) in [5, 5.41) is 8.43. The fourth-order valence-corrected chi connectivity index (χ4v) is 1.14. The Labute approximate surface area is 90.6 Å². The standard InChI is InChI=1S/C11H8F3NO/c1-16-10(6-7-15)8-2-4-9(5-3-8)11(12,13)14/h2-6H,1H3/b10-6-. The first-order valence-corrected chi connectivity index (χ1v) is 4.30. The van der Waals surface area contributed by atoms with Crippen LogP contribution in [0.3, 0.4) is 0 Å². The van der Waals surface area contributed by atoms with E-state index in [1.165, 1.54) is 19.2 Å². The van der Waals surface area contributed by atoms with E-state index in [0.29, 0.717) is 5.56 Å². The van der Waals surface area contributed by atoms with Crippen LogP contribution in [0.5, 0.6) is 0 Å². The second kappa shape index (κ2) is 4.71. The third-order valence-corrected chi connectivity index (χ3v) is 1.91. The Bertz CT molecular complexity index is 426. The Hall–Kier alpha value is -1.96. The normalized spacial score (nSPS) is 12.1. The van der Waals surface area contributed by atoms with Gasteiger partial charge in [-0.1, -0.05) is 12.1 Å². The van der Waals surface area contributed by atoms with E-state index in [4.69, 9.17) is 10.00 Å². The molecular weight excluding hydrogens is 219 g/mol. The van der Waals surface area contributed by atoms with Crippen molar-refractivity contribution in [3.05, 3.63) is 41.5 Å². The largest absolute Gasteiger partial charge is 0.495 e. The molecular formula is C11H8F3NO. The van der Waals surface area contributed by atoms with Gasteiger partial charge >= 0.3 is 6.18 Å². The molecule has 0 bridgehead atoms. The minimum Gasteiger partial charge on any atom is -0.495 e. The van der Waals surface area contributed by atoms with Crippen molar-refractivity contribution in [2.75, 3.05) is 7.11 Å². The predicted octanol–water partition coefficient (Wildman–Crippen LogP) is 3.22. The zero-order valence-electron chi connectivity index (χ0n) is 8.38. The molecule has 0 saturated carbocycles. The van der Waals surface area contributed by atoms with Crippen LogP contribution >= 0.6 is 0 Å². The van der Waals surface area contributed by atoms with E-state index in [2.05, 4.69) is 0 Å². The summed E-state index contributed by atoms with van der Waals surface area (Å²) in [5.41, 5.74) is -0.305. The number of alkyl halides is 3. The molecule has 1 aromatic carbocycles. The number of nitriles is 1. The number of rotatable bonds is 2. The summed E-state index contributed by atoms with van der Waals surface area (Å²) in [5.74, 6) is 0.233. The molecule has 1 rings (SSSR count). The van der Waals surface area contributed by atoms with Gasteiger partial charge in [0.1, 0.15) is 5.76 Å². The monoisotopic (exact) mass is 227 g/mol. The number of hydrogen-bond donors (Lipinski definition) is 0. The van der Waals surface area contributed by atoms with Gasteiger partial charge in [0.25, 0.3) is 0 Å². The first-order chi connectivity index (χ1) is 7.49. The third kappa shape index (κ3) is 2.76. The molecule has 0 aliphatic rings. The number of ether oxygens (including phenoxy) is 1. The van der Waals surface area contributed by atoms with Gasteiger partial charge in [-0.25, -0.2) is 0 Å². The van der Waals surface area contributed by atoms with Crippen molar-refractivity contribution in [1.82, 2.24) is 0 Å². The second-order valence-electron chi connectivity index (χ2n) is 2.92. The van der Waals surface area contributed by atoms with Gasteiger partial charge in [0.2, 0.25) is 0 Å². The van der Waals surface area contributed by atoms with Crippen LogP contribution in [0, 0.1) is 11.3 Å². The summed E-state index contributed by atoms with van der Waals surface area (Å²) in [4.78, 5) is 0. The summed E-state index contributed by atoms with van der Waals surface area (Å²) in [6, 6.07) is 6.16. The Kier molecular flexibility index (Phi) is 3.56. The number of methoxy groups -OCH3 is 1. The van der Waals surface area contributed by atoms with E-state index in [1.54, 1.807) is 6.07 Å². The molecule has 0 saturated heterocycles. The minimum atomic E-state index is -4.36. The first kappa shape index (κ1) is 12.1. The van der Waals surface area contributed by atoms with Crippen LogP contribution in [0.1, 0.15) is 11.1 Å². The summed E-state index contributed by atoms with van der Waals surface area (Å²) in [6.07, 6.45) is -3.23. The van der Waals surface area contributed by atoms with Gasteiger partial charge < -0.3 is 4.74 Å². The van der Waals surface area contributed by atoms with Crippen LogP contribution in [-0.4, -0.2) is 7.11 Å². The predicted molar refractivity (Wildman–Crippen MR) is 52.0 cm³/mol. The van der Waals surface area contributed by atoms with Gasteiger partial charge in [-0.15, -0.1) is 0 Å². The Morgan fingerprint density at radius 1 is 1.31 bits per heavy atom. The molecule has 0 fully saturated rings. The molecule has 0 aromatic heterocycles. The highest BCUT2D eigenvalue weighted by molar-refractivity contribution is 5.62. The molecule has 84 valence electrons. The molecule has 0 unspecified atom stereocenters. The summed E-state index contributed by atoms with van der Waals surface area (Å²) in [6.45, 7) is 0. The summed E-state index contributed by atoms with van der Waals surface area (Å²) < 4.78 is 41.6. The highest BCUT2D eigenvalue weighted by Crippen LogP contribution is 2.30. The first-order valence-electron chi connectivity index (χ1n) is 4.30. The lowest BCUT2D eigenvalue weighted by molar-refractivity contribution is -0.137. The van der Waals surface area contributed by atoms with Crippen LogP contribution in [0.2, 0.25) is 0 Å². The molecule has 0 N–H and O–H groups in total. The lowest BCUT2D eigenvalue weighted by Gasteiger charge is -2.08. The van der Waals surface area contributed by atoms with E-state index >= 15 is 0 Å². The Morgan fingerprint density at radius 2 is 1.88 bits per heavy atom. The van der Waals surface area contributed by atoms with Crippen molar-refractivity contribution in [2.45, 2.75) is 6.18 Å². The molecule has 0 radical (unpaired) electrons. The molecule has 5 heteroatoms. The van der Waals surface area contributed by atoms with E-state index in [0.717, 1.165) is 18.2 Å². The average Bonchev–Trinajstić information content (AvgIpc) is 2.25. The molecule has 0 amide bonds. The molecule has 2 nitrogen and oxygen atoms in total. The molecule has 0 aliphatic heterocycles. The SMILES string of the molecule is CO/C(=C\C#N)c1ccc(C(F)(F)F)cc1. The van der Waals surface area contributed by atoms with Gasteiger partial charge in [-0.2, -0.15) is 18.4 Å². The van der Waals surface area contributed by atoms with Crippen LogP contribution in [0.25, 0.3) is 5.76 Å². The molecule has 0 heterocycles. The maximum Gasteiger partial charge on any atom is 0.416 e. The van der Waals surface area contributed by atoms with Gasteiger partial charge in [0, 0.05) is 5.56 Å². The zero-order valence-corrected chi connectivity index (χ0v) is 8.38. The topological polar surface area (TPSA) is 33.0 Å². The van der Waals surface area contributed by atoms with E-state index in [1.807, 2.05) is 0 Å². The number of benzene rings is 1. The Balaban J connectivity index is 3.04. The smallest absolute Gasteiger partial charge is 0.416 e. The third-order valence-electron chi connectivity index (χ3n) is 1.91. The molecule has 16 heavy (non-hydrogen) atoms. The quantitative estimate of drug-likeness (QED) is 0.574. The minimum absolute atomic E-state index is 0.233. The van der Waals surface area contributed by atoms with Crippen molar-refractivity contribution in [1.29, 1.82) is 5.26 Å². The van der Waals surface area contributed by atoms with Crippen molar-refractivity contribution in [2.24, 2.45) is 0 Å². The Morgan fingerprint density at radius 3 is 2.25 bits per heavy atom. The average molecular weight is 227 g/mol. The fourth-order valence-electron chi connectivity index (χ4n) is 1.14. The molecule has 0 atom stereocenters. The van der Waals surface area contributed by atoms with Crippen LogP contribution < -0.4 is 0 Å². The van der Waals surface area contributed by atoms with Crippen LogP contribution in [-0.2, 0) is 10.9 Å². The lowest BCUT2D eigenvalue weighted by atomic mass is 10.1. The maximum absolute atomic E-state index is 12.3. The second-order valence-corrected chi connectivity index (χ2v) is 2.92. The zero-order chi connectivity index (χ0) is 12.2. The van der Waals surface area contributed by atoms with Gasteiger partial charge in [-0.05, 0) is 12.1 Å². The highest BCUT2D eigenvalue weighted by Gasteiger charge is 2.30. The van der Waals surface area contributed by atoms with E-state index < -0.39 is 11.7 Å². The van der Waals surface area contributed by atoms with Gasteiger partial charge in [-0.3, -0.25) is 0 Å². The molecule has 1 aromatic rings. The summed E-state index contributed by atoms with van der Waals surface area (Å²) >= 11 is 0. The van der Waals surface area contributed by atoms with Gasteiger partial charge in [0.05, 0.1) is 24.8 Å². The number of allylic oxidation sites excluding steroid dienone is 1.